The Balaban J connectivity index is 1.59. The number of carbonyl (C=O) groups excluding carboxylic acids is 1. The molecule has 0 bridgehead atoms. The van der Waals surface area contributed by atoms with Gasteiger partial charge in [-0.05, 0) is 36.4 Å². The molecule has 1 fully saturated rings. The van der Waals surface area contributed by atoms with Crippen LogP contribution in [0.4, 0.5) is 11.4 Å². The number of nitrogens with zero attached hydrogens (tertiary/aromatic N) is 2. The standard InChI is InChI=1S/C19H21Cl2N3O/c1-14(25)23-9-11-24(12-10-23)16-7-5-15(6-8-16)22-13-17-18(20)3-2-4-19(17)21/h2-8,22H,9-13H2,1H3. The Morgan fingerprint density at radius 1 is 1.00 bits per heavy atom. The monoisotopic (exact) mass is 377 g/mol. The fourth-order valence-corrected chi connectivity index (χ4v) is 3.49. The van der Waals surface area contributed by atoms with Gasteiger partial charge in [-0.25, -0.2) is 0 Å². The summed E-state index contributed by atoms with van der Waals surface area (Å²) in [6.07, 6.45) is 0. The summed E-state index contributed by atoms with van der Waals surface area (Å²) in [5.74, 6) is 0.150. The van der Waals surface area contributed by atoms with Crippen LogP contribution in [0, 0.1) is 0 Å². The average Bonchev–Trinajstić information content (AvgIpc) is 2.62. The van der Waals surface area contributed by atoms with Gasteiger partial charge >= 0.3 is 0 Å². The molecule has 1 N–H and O–H groups in total. The van der Waals surface area contributed by atoms with Crippen LogP contribution in [0.2, 0.25) is 10.0 Å². The molecule has 4 nitrogen and oxygen atoms in total. The predicted octanol–water partition coefficient (Wildman–Crippen LogP) is 4.27. The zero-order valence-electron chi connectivity index (χ0n) is 14.1. The Labute approximate surface area is 158 Å². The molecular formula is C19H21Cl2N3O. The van der Waals surface area contributed by atoms with Crippen LogP contribution >= 0.6 is 23.2 Å². The molecule has 3 rings (SSSR count). The zero-order valence-corrected chi connectivity index (χ0v) is 15.6. The summed E-state index contributed by atoms with van der Waals surface area (Å²) in [5.41, 5.74) is 3.09. The van der Waals surface area contributed by atoms with Crippen molar-refractivity contribution in [3.8, 4) is 0 Å². The molecule has 0 aliphatic carbocycles. The minimum atomic E-state index is 0.150. The van der Waals surface area contributed by atoms with Crippen molar-refractivity contribution in [1.29, 1.82) is 0 Å². The van der Waals surface area contributed by atoms with E-state index in [0.29, 0.717) is 16.6 Å². The lowest BCUT2D eigenvalue weighted by Gasteiger charge is -2.35. The van der Waals surface area contributed by atoms with E-state index in [1.165, 1.54) is 5.69 Å². The van der Waals surface area contributed by atoms with Gasteiger partial charge in [0.15, 0.2) is 0 Å². The van der Waals surface area contributed by atoms with Crippen molar-refractivity contribution in [3.63, 3.8) is 0 Å². The van der Waals surface area contributed by atoms with Crippen LogP contribution in [0.5, 0.6) is 0 Å². The van der Waals surface area contributed by atoms with E-state index in [4.69, 9.17) is 23.2 Å². The lowest BCUT2D eigenvalue weighted by Crippen LogP contribution is -2.48. The zero-order chi connectivity index (χ0) is 17.8. The quantitative estimate of drug-likeness (QED) is 0.863. The van der Waals surface area contributed by atoms with Crippen molar-refractivity contribution in [1.82, 2.24) is 4.90 Å². The number of hydrogen-bond acceptors (Lipinski definition) is 3. The van der Waals surface area contributed by atoms with E-state index in [9.17, 15) is 4.79 Å². The SMILES string of the molecule is CC(=O)N1CCN(c2ccc(NCc3c(Cl)cccc3Cl)cc2)CC1. The highest BCUT2D eigenvalue weighted by Gasteiger charge is 2.18. The molecule has 1 saturated heterocycles. The summed E-state index contributed by atoms with van der Waals surface area (Å²) in [6.45, 7) is 5.49. The van der Waals surface area contributed by atoms with E-state index >= 15 is 0 Å². The summed E-state index contributed by atoms with van der Waals surface area (Å²) >= 11 is 12.4. The molecule has 0 atom stereocenters. The number of piperazine rings is 1. The van der Waals surface area contributed by atoms with Crippen molar-refractivity contribution < 1.29 is 4.79 Å². The second-order valence-corrected chi connectivity index (χ2v) is 6.91. The first-order chi connectivity index (χ1) is 12.0. The van der Waals surface area contributed by atoms with Crippen molar-refractivity contribution in [2.45, 2.75) is 13.5 Å². The number of benzene rings is 2. The van der Waals surface area contributed by atoms with Gasteiger partial charge in [0.25, 0.3) is 0 Å². The Morgan fingerprint density at radius 2 is 1.60 bits per heavy atom. The molecule has 25 heavy (non-hydrogen) atoms. The first-order valence-corrected chi connectivity index (χ1v) is 9.07. The molecule has 1 heterocycles. The number of amides is 1. The maximum atomic E-state index is 11.4. The molecule has 1 aliphatic heterocycles. The van der Waals surface area contributed by atoms with E-state index in [2.05, 4.69) is 34.5 Å². The fraction of sp³-hybridized carbons (Fsp3) is 0.316. The Hall–Kier alpha value is -1.91. The van der Waals surface area contributed by atoms with Crippen LogP contribution in [-0.4, -0.2) is 37.0 Å². The minimum Gasteiger partial charge on any atom is -0.381 e. The highest BCUT2D eigenvalue weighted by Crippen LogP contribution is 2.26. The van der Waals surface area contributed by atoms with Gasteiger partial charge in [-0.1, -0.05) is 29.3 Å². The van der Waals surface area contributed by atoms with Crippen molar-refractivity contribution >= 4 is 40.5 Å². The summed E-state index contributed by atoms with van der Waals surface area (Å²) in [6, 6.07) is 13.8. The largest absolute Gasteiger partial charge is 0.381 e. The first-order valence-electron chi connectivity index (χ1n) is 8.32. The van der Waals surface area contributed by atoms with Crippen molar-refractivity contribution in [2.75, 3.05) is 36.4 Å². The second kappa shape index (κ2) is 7.98. The third kappa shape index (κ3) is 4.39. The molecule has 2 aromatic rings. The number of halogens is 2. The molecular weight excluding hydrogens is 357 g/mol. The molecule has 132 valence electrons. The summed E-state index contributed by atoms with van der Waals surface area (Å²) in [5, 5.41) is 4.69. The van der Waals surface area contributed by atoms with Crippen LogP contribution in [0.15, 0.2) is 42.5 Å². The maximum absolute atomic E-state index is 11.4. The van der Waals surface area contributed by atoms with Crippen molar-refractivity contribution in [3.05, 3.63) is 58.1 Å². The maximum Gasteiger partial charge on any atom is 0.219 e. The van der Waals surface area contributed by atoms with Crippen LogP contribution in [-0.2, 0) is 11.3 Å². The van der Waals surface area contributed by atoms with Gasteiger partial charge in [0.2, 0.25) is 5.91 Å². The van der Waals surface area contributed by atoms with Gasteiger partial charge < -0.3 is 15.1 Å². The molecule has 0 aromatic heterocycles. The van der Waals surface area contributed by atoms with E-state index in [1.54, 1.807) is 6.92 Å². The third-order valence-corrected chi connectivity index (χ3v) is 5.20. The molecule has 1 aliphatic rings. The number of nitrogens with one attached hydrogen (secondary N) is 1. The van der Waals surface area contributed by atoms with E-state index in [0.717, 1.165) is 37.4 Å². The number of rotatable bonds is 4. The third-order valence-electron chi connectivity index (χ3n) is 4.49. The predicted molar refractivity (Wildman–Crippen MR) is 105 cm³/mol. The van der Waals surface area contributed by atoms with Crippen LogP contribution in [0.1, 0.15) is 12.5 Å². The Morgan fingerprint density at radius 3 is 2.16 bits per heavy atom. The van der Waals surface area contributed by atoms with Gasteiger partial charge in [-0.2, -0.15) is 0 Å². The van der Waals surface area contributed by atoms with E-state index in [-0.39, 0.29) is 5.91 Å². The lowest BCUT2D eigenvalue weighted by atomic mass is 10.2. The number of anilines is 2. The van der Waals surface area contributed by atoms with Crippen LogP contribution in [0.25, 0.3) is 0 Å². The molecule has 1 amide bonds. The minimum absolute atomic E-state index is 0.150. The Bertz CT molecular complexity index is 721. The van der Waals surface area contributed by atoms with E-state index < -0.39 is 0 Å². The molecule has 2 aromatic carbocycles. The molecule has 0 spiro atoms. The number of hydrogen-bond donors (Lipinski definition) is 1. The van der Waals surface area contributed by atoms with Crippen LogP contribution in [0.3, 0.4) is 0 Å². The van der Waals surface area contributed by atoms with Gasteiger partial charge in [-0.3, -0.25) is 4.79 Å². The van der Waals surface area contributed by atoms with Gasteiger partial charge in [0, 0.05) is 66.6 Å². The average molecular weight is 378 g/mol. The normalized spacial score (nSPS) is 14.5. The van der Waals surface area contributed by atoms with E-state index in [1.807, 2.05) is 23.1 Å². The second-order valence-electron chi connectivity index (χ2n) is 6.09. The molecule has 0 unspecified atom stereocenters. The first kappa shape index (κ1) is 17.9. The summed E-state index contributed by atoms with van der Waals surface area (Å²) in [4.78, 5) is 15.6. The molecule has 0 radical (unpaired) electrons. The fourth-order valence-electron chi connectivity index (χ4n) is 2.96. The topological polar surface area (TPSA) is 35.6 Å². The summed E-state index contributed by atoms with van der Waals surface area (Å²) in [7, 11) is 0. The molecule has 0 saturated carbocycles. The van der Waals surface area contributed by atoms with Gasteiger partial charge in [0.1, 0.15) is 0 Å². The van der Waals surface area contributed by atoms with Crippen LogP contribution < -0.4 is 10.2 Å². The van der Waals surface area contributed by atoms with Gasteiger partial charge in [-0.15, -0.1) is 0 Å². The van der Waals surface area contributed by atoms with Crippen molar-refractivity contribution in [2.24, 2.45) is 0 Å². The number of carbonyl (C=O) groups is 1. The molecule has 6 heteroatoms. The lowest BCUT2D eigenvalue weighted by molar-refractivity contribution is -0.129. The van der Waals surface area contributed by atoms with Gasteiger partial charge in [0.05, 0.1) is 0 Å². The summed E-state index contributed by atoms with van der Waals surface area (Å²) < 4.78 is 0. The highest BCUT2D eigenvalue weighted by atomic mass is 35.5. The smallest absolute Gasteiger partial charge is 0.219 e. The highest BCUT2D eigenvalue weighted by molar-refractivity contribution is 6.36. The Kier molecular flexibility index (Phi) is 5.71.